The second-order valence-corrected chi connectivity index (χ2v) is 7.21. The third-order valence-corrected chi connectivity index (χ3v) is 5.44. The number of nitriles is 1. The maximum Gasteiger partial charge on any atom is 0.330 e. The summed E-state index contributed by atoms with van der Waals surface area (Å²) in [5, 5.41) is 19.1. The van der Waals surface area contributed by atoms with Gasteiger partial charge in [0.25, 0.3) is 0 Å². The van der Waals surface area contributed by atoms with Crippen LogP contribution in [0.4, 0.5) is 5.69 Å². The van der Waals surface area contributed by atoms with Crippen molar-refractivity contribution in [3.05, 3.63) is 57.6 Å². The summed E-state index contributed by atoms with van der Waals surface area (Å²) in [5.41, 5.74) is 4.00. The Balaban J connectivity index is 1.94. The molecule has 28 heavy (non-hydrogen) atoms. The molecule has 1 saturated heterocycles. The van der Waals surface area contributed by atoms with E-state index >= 15 is 0 Å². The van der Waals surface area contributed by atoms with Gasteiger partial charge in [-0.2, -0.15) is 5.26 Å². The number of pyridine rings is 1. The molecule has 4 rings (SSSR count). The molecular weight excluding hydrogens is 354 g/mol. The highest BCUT2D eigenvalue weighted by molar-refractivity contribution is 5.87. The lowest BCUT2D eigenvalue weighted by molar-refractivity contribution is 0.277. The van der Waals surface area contributed by atoms with Crippen LogP contribution >= 0.6 is 0 Å². The standard InChI is InChI=1S/C21H23N5O2/c1-24-20-19(18(11-17(14-27)23-20)25-9-5-2-6-10-25)26(21(24)28)13-16-8-4-3-7-15(16)12-22/h3-4,7-8,11,27H,2,5-6,9-10,13-14H2,1H3. The van der Waals surface area contributed by atoms with Crippen molar-refractivity contribution in [3.63, 3.8) is 0 Å². The second kappa shape index (κ2) is 7.49. The smallest absolute Gasteiger partial charge is 0.330 e. The summed E-state index contributed by atoms with van der Waals surface area (Å²) in [6.07, 6.45) is 3.41. The van der Waals surface area contributed by atoms with Gasteiger partial charge in [-0.15, -0.1) is 0 Å². The van der Waals surface area contributed by atoms with Crippen LogP contribution in [0.1, 0.15) is 36.1 Å². The number of anilines is 1. The minimum Gasteiger partial charge on any atom is -0.390 e. The molecule has 0 amide bonds. The molecule has 1 fully saturated rings. The molecule has 0 aliphatic carbocycles. The Bertz CT molecular complexity index is 1120. The molecule has 1 aliphatic heterocycles. The summed E-state index contributed by atoms with van der Waals surface area (Å²) in [5.74, 6) is 0. The number of piperidine rings is 1. The van der Waals surface area contributed by atoms with Gasteiger partial charge in [-0.3, -0.25) is 9.13 Å². The molecule has 0 atom stereocenters. The molecule has 3 heterocycles. The fourth-order valence-electron chi connectivity index (χ4n) is 3.96. The van der Waals surface area contributed by atoms with E-state index in [9.17, 15) is 15.2 Å². The zero-order valence-corrected chi connectivity index (χ0v) is 15.9. The molecule has 0 unspecified atom stereocenters. The third-order valence-electron chi connectivity index (χ3n) is 5.44. The number of fused-ring (bicyclic) bond motifs is 1. The van der Waals surface area contributed by atoms with Gasteiger partial charge in [-0.05, 0) is 37.0 Å². The largest absolute Gasteiger partial charge is 0.390 e. The molecule has 0 saturated carbocycles. The first kappa shape index (κ1) is 18.3. The number of hydrogen-bond donors (Lipinski definition) is 1. The summed E-state index contributed by atoms with van der Waals surface area (Å²) in [4.78, 5) is 19.8. The molecule has 1 aromatic carbocycles. The van der Waals surface area contributed by atoms with Crippen LogP contribution in [0.25, 0.3) is 11.2 Å². The van der Waals surface area contributed by atoms with E-state index in [0.29, 0.717) is 23.4 Å². The predicted molar refractivity (Wildman–Crippen MR) is 107 cm³/mol. The number of aliphatic hydroxyl groups is 1. The zero-order valence-electron chi connectivity index (χ0n) is 15.9. The molecule has 7 nitrogen and oxygen atoms in total. The fourth-order valence-corrected chi connectivity index (χ4v) is 3.96. The first-order chi connectivity index (χ1) is 13.6. The minimum atomic E-state index is -0.177. The van der Waals surface area contributed by atoms with Crippen LogP contribution in [0.3, 0.4) is 0 Å². The maximum atomic E-state index is 13.0. The van der Waals surface area contributed by atoms with Crippen molar-refractivity contribution in [2.24, 2.45) is 7.05 Å². The van der Waals surface area contributed by atoms with Crippen LogP contribution in [0, 0.1) is 11.3 Å². The molecule has 3 aromatic rings. The lowest BCUT2D eigenvalue weighted by Crippen LogP contribution is -2.30. The van der Waals surface area contributed by atoms with E-state index in [4.69, 9.17) is 0 Å². The topological polar surface area (TPSA) is 87.1 Å². The number of imidazole rings is 1. The number of aliphatic hydroxyl groups excluding tert-OH is 1. The monoisotopic (exact) mass is 377 g/mol. The average Bonchev–Trinajstić information content (AvgIpc) is 2.99. The van der Waals surface area contributed by atoms with Gasteiger partial charge in [-0.25, -0.2) is 9.78 Å². The van der Waals surface area contributed by atoms with Crippen LogP contribution in [0.15, 0.2) is 35.1 Å². The highest BCUT2D eigenvalue weighted by Gasteiger charge is 2.22. The third kappa shape index (κ3) is 3.06. The normalized spacial score (nSPS) is 14.4. The van der Waals surface area contributed by atoms with E-state index < -0.39 is 0 Å². The number of nitrogens with zero attached hydrogens (tertiary/aromatic N) is 5. The minimum absolute atomic E-state index is 0.173. The van der Waals surface area contributed by atoms with Gasteiger partial charge in [0.1, 0.15) is 5.52 Å². The Morgan fingerprint density at radius 2 is 1.96 bits per heavy atom. The fraction of sp³-hybridized carbons (Fsp3) is 0.381. The summed E-state index contributed by atoms with van der Waals surface area (Å²) < 4.78 is 3.22. The van der Waals surface area contributed by atoms with E-state index in [1.165, 1.54) is 11.0 Å². The van der Waals surface area contributed by atoms with Crippen molar-refractivity contribution in [2.45, 2.75) is 32.4 Å². The Labute approximate surface area is 163 Å². The van der Waals surface area contributed by atoms with E-state index in [-0.39, 0.29) is 12.3 Å². The molecular formula is C21H23N5O2. The summed E-state index contributed by atoms with van der Waals surface area (Å²) in [7, 11) is 1.70. The van der Waals surface area contributed by atoms with Gasteiger partial charge in [0, 0.05) is 20.1 Å². The van der Waals surface area contributed by atoms with Crippen molar-refractivity contribution in [3.8, 4) is 6.07 Å². The molecule has 2 aromatic heterocycles. The SMILES string of the molecule is Cn1c(=O)n(Cc2ccccc2C#N)c2c(N3CCCCC3)cc(CO)nc21. The van der Waals surface area contributed by atoms with Gasteiger partial charge >= 0.3 is 5.69 Å². The summed E-state index contributed by atoms with van der Waals surface area (Å²) in [6, 6.07) is 11.4. The van der Waals surface area contributed by atoms with Crippen LogP contribution < -0.4 is 10.6 Å². The number of aryl methyl sites for hydroxylation is 1. The van der Waals surface area contributed by atoms with Gasteiger partial charge in [0.2, 0.25) is 0 Å². The molecule has 0 spiro atoms. The van der Waals surface area contributed by atoms with Crippen molar-refractivity contribution in [1.82, 2.24) is 14.1 Å². The van der Waals surface area contributed by atoms with Crippen LogP contribution in [-0.2, 0) is 20.2 Å². The number of aromatic nitrogens is 3. The Kier molecular flexibility index (Phi) is 4.88. The van der Waals surface area contributed by atoms with Gasteiger partial charge < -0.3 is 10.0 Å². The van der Waals surface area contributed by atoms with Gasteiger partial charge in [-0.1, -0.05) is 18.2 Å². The molecule has 0 bridgehead atoms. The van der Waals surface area contributed by atoms with Crippen molar-refractivity contribution < 1.29 is 5.11 Å². The lowest BCUT2D eigenvalue weighted by atomic mass is 10.1. The average molecular weight is 377 g/mol. The Morgan fingerprint density at radius 3 is 2.68 bits per heavy atom. The van der Waals surface area contributed by atoms with E-state index in [2.05, 4.69) is 16.0 Å². The first-order valence-electron chi connectivity index (χ1n) is 9.57. The number of hydrogen-bond acceptors (Lipinski definition) is 5. The van der Waals surface area contributed by atoms with E-state index in [1.807, 2.05) is 24.3 Å². The van der Waals surface area contributed by atoms with Crippen LogP contribution in [-0.4, -0.2) is 32.3 Å². The predicted octanol–water partition coefficient (Wildman–Crippen LogP) is 2.14. The number of rotatable bonds is 4. The summed E-state index contributed by atoms with van der Waals surface area (Å²) >= 11 is 0. The maximum absolute atomic E-state index is 13.0. The van der Waals surface area contributed by atoms with Gasteiger partial charge in [0.15, 0.2) is 5.65 Å². The zero-order chi connectivity index (χ0) is 19.7. The van der Waals surface area contributed by atoms with Gasteiger partial charge in [0.05, 0.1) is 36.2 Å². The van der Waals surface area contributed by atoms with Crippen LogP contribution in [0.5, 0.6) is 0 Å². The quantitative estimate of drug-likeness (QED) is 0.753. The molecule has 7 heteroatoms. The van der Waals surface area contributed by atoms with E-state index in [1.54, 1.807) is 17.7 Å². The molecule has 0 radical (unpaired) electrons. The summed E-state index contributed by atoms with van der Waals surface area (Å²) in [6.45, 7) is 1.97. The highest BCUT2D eigenvalue weighted by atomic mass is 16.3. The van der Waals surface area contributed by atoms with Crippen LogP contribution in [0.2, 0.25) is 0 Å². The highest BCUT2D eigenvalue weighted by Crippen LogP contribution is 2.29. The number of benzene rings is 1. The lowest BCUT2D eigenvalue weighted by Gasteiger charge is -2.29. The van der Waals surface area contributed by atoms with Crippen molar-refractivity contribution in [1.29, 1.82) is 5.26 Å². The molecule has 1 aliphatic rings. The second-order valence-electron chi connectivity index (χ2n) is 7.21. The van der Waals surface area contributed by atoms with Crippen molar-refractivity contribution in [2.75, 3.05) is 18.0 Å². The van der Waals surface area contributed by atoms with Crippen molar-refractivity contribution >= 4 is 16.9 Å². The van der Waals surface area contributed by atoms with E-state index in [0.717, 1.165) is 42.7 Å². The Hall–Kier alpha value is -3.11. The molecule has 1 N–H and O–H groups in total. The molecule has 144 valence electrons. The first-order valence-corrected chi connectivity index (χ1v) is 9.57. The Morgan fingerprint density at radius 1 is 1.21 bits per heavy atom.